The van der Waals surface area contributed by atoms with Crippen LogP contribution in [0.3, 0.4) is 0 Å². The van der Waals surface area contributed by atoms with Gasteiger partial charge in [-0.2, -0.15) is 0 Å². The van der Waals surface area contributed by atoms with E-state index in [1.807, 2.05) is 78.9 Å². The van der Waals surface area contributed by atoms with Crippen LogP contribution in [0, 0.1) is 6.92 Å². The Labute approximate surface area is 231 Å². The van der Waals surface area contributed by atoms with Crippen molar-refractivity contribution in [3.05, 3.63) is 128 Å². The minimum absolute atomic E-state index is 0.261. The summed E-state index contributed by atoms with van der Waals surface area (Å²) in [6.45, 7) is 1.30. The van der Waals surface area contributed by atoms with E-state index in [9.17, 15) is 14.7 Å². The number of aliphatic hydroxyl groups is 1. The molecule has 0 spiro atoms. The zero-order valence-corrected chi connectivity index (χ0v) is 22.6. The highest BCUT2D eigenvalue weighted by atomic mass is 16.6. The molecule has 1 aliphatic heterocycles. The van der Waals surface area contributed by atoms with Gasteiger partial charge in [0.1, 0.15) is 29.4 Å². The van der Waals surface area contributed by atoms with Gasteiger partial charge in [0.25, 0.3) is 5.56 Å². The number of rotatable bonds is 9. The van der Waals surface area contributed by atoms with Gasteiger partial charge in [0.15, 0.2) is 0 Å². The molecular weight excluding hydrogens is 512 g/mol. The van der Waals surface area contributed by atoms with Crippen molar-refractivity contribution in [2.45, 2.75) is 37.4 Å². The predicted molar refractivity (Wildman–Crippen MR) is 149 cm³/mol. The second kappa shape index (κ2) is 11.5. The lowest BCUT2D eigenvalue weighted by Crippen LogP contribution is -2.40. The minimum Gasteiger partial charge on any atom is -0.497 e. The van der Waals surface area contributed by atoms with Gasteiger partial charge in [0, 0.05) is 18.2 Å². The van der Waals surface area contributed by atoms with Gasteiger partial charge >= 0.3 is 5.69 Å². The molecule has 3 atom stereocenters. The molecule has 0 bridgehead atoms. The molecule has 1 fully saturated rings. The average Bonchev–Trinajstić information content (AvgIpc) is 3.40. The molecule has 1 saturated heterocycles. The molecule has 0 saturated carbocycles. The zero-order chi connectivity index (χ0) is 28.3. The van der Waals surface area contributed by atoms with Crippen LogP contribution in [0.15, 0.2) is 94.6 Å². The lowest BCUT2D eigenvalue weighted by Gasteiger charge is -2.39. The van der Waals surface area contributed by atoms with E-state index in [4.69, 9.17) is 18.9 Å². The van der Waals surface area contributed by atoms with Gasteiger partial charge in [-0.3, -0.25) is 14.3 Å². The maximum Gasteiger partial charge on any atom is 0.330 e. The summed E-state index contributed by atoms with van der Waals surface area (Å²) in [4.78, 5) is 26.9. The maximum atomic E-state index is 12.7. The lowest BCUT2D eigenvalue weighted by molar-refractivity contribution is -0.0994. The van der Waals surface area contributed by atoms with Crippen LogP contribution in [0.25, 0.3) is 0 Å². The van der Waals surface area contributed by atoms with Crippen molar-refractivity contribution in [2.75, 3.05) is 20.8 Å². The fourth-order valence-electron chi connectivity index (χ4n) is 5.21. The van der Waals surface area contributed by atoms with Crippen LogP contribution in [0.5, 0.6) is 11.5 Å². The van der Waals surface area contributed by atoms with Gasteiger partial charge in [0.05, 0.1) is 26.9 Å². The first-order valence-electron chi connectivity index (χ1n) is 13.0. The summed E-state index contributed by atoms with van der Waals surface area (Å²) in [7, 11) is 3.23. The fourth-order valence-corrected chi connectivity index (χ4v) is 5.21. The number of aromatic amines is 1. The van der Waals surface area contributed by atoms with E-state index in [0.29, 0.717) is 17.1 Å². The number of aliphatic hydroxyl groups excluding tert-OH is 1. The third kappa shape index (κ3) is 5.06. The van der Waals surface area contributed by atoms with E-state index < -0.39 is 35.3 Å². The van der Waals surface area contributed by atoms with Crippen molar-refractivity contribution in [3.63, 3.8) is 0 Å². The van der Waals surface area contributed by atoms with E-state index >= 15 is 0 Å². The number of benzene rings is 3. The lowest BCUT2D eigenvalue weighted by atomic mass is 9.79. The number of hydrogen-bond donors (Lipinski definition) is 2. The number of nitrogens with zero attached hydrogens (tertiary/aromatic N) is 1. The van der Waals surface area contributed by atoms with Crippen LogP contribution in [-0.2, 0) is 15.1 Å². The minimum atomic E-state index is -1.12. The fraction of sp³-hybridized carbons (Fsp3) is 0.290. The number of hydrogen-bond acceptors (Lipinski definition) is 7. The number of methoxy groups -OCH3 is 2. The summed E-state index contributed by atoms with van der Waals surface area (Å²) in [6.07, 6.45) is -0.370. The third-order valence-electron chi connectivity index (χ3n) is 7.32. The van der Waals surface area contributed by atoms with Crippen molar-refractivity contribution < 1.29 is 24.1 Å². The number of nitrogens with one attached hydrogen (secondary N) is 1. The maximum absolute atomic E-state index is 12.7. The summed E-state index contributed by atoms with van der Waals surface area (Å²) < 4.78 is 25.4. The Morgan fingerprint density at radius 1 is 0.900 bits per heavy atom. The van der Waals surface area contributed by atoms with E-state index in [0.717, 1.165) is 16.7 Å². The summed E-state index contributed by atoms with van der Waals surface area (Å²) >= 11 is 0. The van der Waals surface area contributed by atoms with E-state index in [2.05, 4.69) is 4.98 Å². The Bertz CT molecular complexity index is 1500. The second-order valence-electron chi connectivity index (χ2n) is 9.69. The molecule has 0 radical (unpaired) electrons. The van der Waals surface area contributed by atoms with E-state index in [1.54, 1.807) is 21.1 Å². The van der Waals surface area contributed by atoms with Crippen molar-refractivity contribution in [2.24, 2.45) is 0 Å². The summed E-state index contributed by atoms with van der Waals surface area (Å²) in [5.41, 5.74) is 0.752. The molecule has 0 aliphatic carbocycles. The molecule has 5 rings (SSSR count). The first-order valence-corrected chi connectivity index (χ1v) is 13.0. The molecule has 1 aliphatic rings. The Balaban J connectivity index is 1.65. The van der Waals surface area contributed by atoms with Crippen LogP contribution < -0.4 is 20.7 Å². The predicted octanol–water partition coefficient (Wildman–Crippen LogP) is 3.52. The van der Waals surface area contributed by atoms with Crippen LogP contribution in [0.1, 0.15) is 34.9 Å². The quantitative estimate of drug-likeness (QED) is 0.310. The summed E-state index contributed by atoms with van der Waals surface area (Å²) in [5.74, 6) is 1.40. The smallest absolute Gasteiger partial charge is 0.330 e. The Kier molecular flexibility index (Phi) is 7.88. The SMILES string of the molecule is COc1ccc(C(OC2C[C@H](n3cc(C)c(=O)[nH]c3=O)O[C@@H]2CO)(c2ccccc2)c2ccc(OC)cc2)cc1. The zero-order valence-electron chi connectivity index (χ0n) is 22.6. The van der Waals surface area contributed by atoms with Gasteiger partial charge in [-0.25, -0.2) is 4.79 Å². The molecule has 9 nitrogen and oxygen atoms in total. The van der Waals surface area contributed by atoms with Crippen LogP contribution in [-0.4, -0.2) is 47.7 Å². The highest BCUT2D eigenvalue weighted by molar-refractivity contribution is 5.50. The van der Waals surface area contributed by atoms with Crippen molar-refractivity contribution in [1.29, 1.82) is 0 Å². The Morgan fingerprint density at radius 2 is 1.45 bits per heavy atom. The molecule has 3 aromatic carbocycles. The van der Waals surface area contributed by atoms with Crippen LogP contribution >= 0.6 is 0 Å². The van der Waals surface area contributed by atoms with E-state index in [-0.39, 0.29) is 13.0 Å². The van der Waals surface area contributed by atoms with E-state index in [1.165, 1.54) is 10.8 Å². The largest absolute Gasteiger partial charge is 0.497 e. The molecule has 2 N–H and O–H groups in total. The molecule has 9 heteroatoms. The van der Waals surface area contributed by atoms with Gasteiger partial charge in [-0.15, -0.1) is 0 Å². The molecule has 0 amide bonds. The Morgan fingerprint density at radius 3 is 1.98 bits per heavy atom. The molecule has 40 heavy (non-hydrogen) atoms. The number of aryl methyl sites for hydroxylation is 1. The van der Waals surface area contributed by atoms with Crippen molar-refractivity contribution in [1.82, 2.24) is 9.55 Å². The standard InChI is InChI=1S/C31H32N2O7/c1-20-18-33(30(36)32-29(20)35)28-17-26(27(19-34)39-28)40-31(21-7-5-4-6-8-21,22-9-13-24(37-2)14-10-22)23-11-15-25(38-3)16-12-23/h4-16,18,26-28,34H,17,19H2,1-3H3,(H,32,35,36)/t26?,27-,28-/m1/s1. The number of ether oxygens (including phenoxy) is 4. The van der Waals surface area contributed by atoms with Crippen molar-refractivity contribution >= 4 is 0 Å². The van der Waals surface area contributed by atoms with Gasteiger partial charge in [-0.1, -0.05) is 54.6 Å². The van der Waals surface area contributed by atoms with Crippen molar-refractivity contribution in [3.8, 4) is 11.5 Å². The summed E-state index contributed by atoms with van der Waals surface area (Å²) in [5, 5.41) is 10.3. The normalized spacial score (nSPS) is 18.9. The van der Waals surface area contributed by atoms with Crippen LogP contribution in [0.2, 0.25) is 0 Å². The van der Waals surface area contributed by atoms with Gasteiger partial charge in [0.2, 0.25) is 0 Å². The highest BCUT2D eigenvalue weighted by Gasteiger charge is 2.46. The molecule has 4 aromatic rings. The summed E-state index contributed by atoms with van der Waals surface area (Å²) in [6, 6.07) is 25.1. The molecule has 2 heterocycles. The number of H-pyrrole nitrogens is 1. The second-order valence-corrected chi connectivity index (χ2v) is 9.69. The monoisotopic (exact) mass is 544 g/mol. The Hall–Kier alpha value is -4.18. The molecule has 208 valence electrons. The first-order chi connectivity index (χ1) is 19.4. The van der Waals surface area contributed by atoms with Gasteiger partial charge < -0.3 is 24.1 Å². The topological polar surface area (TPSA) is 112 Å². The third-order valence-corrected chi connectivity index (χ3v) is 7.32. The number of aromatic nitrogens is 2. The molecular formula is C31H32N2O7. The highest BCUT2D eigenvalue weighted by Crippen LogP contribution is 2.45. The first kappa shape index (κ1) is 27.4. The molecule has 1 unspecified atom stereocenters. The molecule has 1 aromatic heterocycles. The van der Waals surface area contributed by atoms with Crippen LogP contribution in [0.4, 0.5) is 0 Å². The average molecular weight is 545 g/mol. The van der Waals surface area contributed by atoms with Gasteiger partial charge in [-0.05, 0) is 47.9 Å².